The third kappa shape index (κ3) is 4.89. The lowest BCUT2D eigenvalue weighted by atomic mass is 10.2. The smallest absolute Gasteiger partial charge is 0.251 e. The van der Waals surface area contributed by atoms with E-state index in [-0.39, 0.29) is 12.0 Å². The van der Waals surface area contributed by atoms with Gasteiger partial charge >= 0.3 is 0 Å². The van der Waals surface area contributed by atoms with Gasteiger partial charge in [0.15, 0.2) is 5.82 Å². The van der Waals surface area contributed by atoms with E-state index < -0.39 is 0 Å². The third-order valence-corrected chi connectivity index (χ3v) is 3.90. The number of amides is 1. The van der Waals surface area contributed by atoms with E-state index >= 15 is 0 Å². The van der Waals surface area contributed by atoms with Crippen LogP contribution < -0.4 is 4.90 Å². The highest BCUT2D eigenvalue weighted by atomic mass is 16.5. The topological polar surface area (TPSA) is 58.6 Å². The second kappa shape index (κ2) is 8.82. The molecule has 6 nitrogen and oxygen atoms in total. The van der Waals surface area contributed by atoms with Crippen LogP contribution in [-0.4, -0.2) is 59.9 Å². The van der Waals surface area contributed by atoms with Crippen molar-refractivity contribution in [2.75, 3.05) is 37.7 Å². The number of rotatable bonds is 2. The summed E-state index contributed by atoms with van der Waals surface area (Å²) in [6.07, 6.45) is 2.90. The van der Waals surface area contributed by atoms with E-state index in [1.807, 2.05) is 24.0 Å². The Hall–Kier alpha value is -1.69. The second-order valence-corrected chi connectivity index (χ2v) is 6.05. The maximum atomic E-state index is 12.2. The summed E-state index contributed by atoms with van der Waals surface area (Å²) in [6, 6.07) is 3.95. The molecule has 3 heterocycles. The molecule has 3 rings (SSSR count). The number of aryl methyl sites for hydroxylation is 1. The van der Waals surface area contributed by atoms with Gasteiger partial charge < -0.3 is 14.5 Å². The van der Waals surface area contributed by atoms with Crippen molar-refractivity contribution in [3.8, 4) is 0 Å². The van der Waals surface area contributed by atoms with Gasteiger partial charge in [0.25, 0.3) is 5.91 Å². The molecule has 0 saturated carbocycles. The lowest BCUT2D eigenvalue weighted by molar-refractivity contribution is -0.141. The highest BCUT2D eigenvalue weighted by Gasteiger charge is 2.30. The second-order valence-electron chi connectivity index (χ2n) is 6.05. The van der Waals surface area contributed by atoms with E-state index in [0.717, 1.165) is 57.1 Å². The fraction of sp³-hybridized carbons (Fsp3) is 0.706. The van der Waals surface area contributed by atoms with E-state index in [2.05, 4.69) is 28.9 Å². The number of hydrogen-bond donors (Lipinski definition) is 0. The van der Waals surface area contributed by atoms with Crippen LogP contribution in [0.3, 0.4) is 0 Å². The van der Waals surface area contributed by atoms with Crippen molar-refractivity contribution in [3.63, 3.8) is 0 Å². The van der Waals surface area contributed by atoms with Gasteiger partial charge in [-0.2, -0.15) is 5.10 Å². The SMILES string of the molecule is CCC.Cc1ccc(N2CCN(C(=O)C3CCCO3)CC2)nn1. The minimum Gasteiger partial charge on any atom is -0.368 e. The predicted molar refractivity (Wildman–Crippen MR) is 90.5 cm³/mol. The average molecular weight is 320 g/mol. The number of carbonyl (C=O) groups excluding carboxylic acids is 1. The number of carbonyl (C=O) groups is 1. The number of anilines is 1. The maximum Gasteiger partial charge on any atom is 0.251 e. The van der Waals surface area contributed by atoms with Gasteiger partial charge in [-0.05, 0) is 31.9 Å². The first-order valence-electron chi connectivity index (χ1n) is 8.61. The Balaban J connectivity index is 0.000000595. The normalized spacial score (nSPS) is 20.9. The molecule has 0 bridgehead atoms. The van der Waals surface area contributed by atoms with Crippen LogP contribution in [0.5, 0.6) is 0 Å². The van der Waals surface area contributed by atoms with Crippen molar-refractivity contribution in [2.24, 2.45) is 0 Å². The molecule has 0 N–H and O–H groups in total. The van der Waals surface area contributed by atoms with Gasteiger partial charge in [0.05, 0.1) is 5.69 Å². The fourth-order valence-electron chi connectivity index (χ4n) is 2.69. The number of hydrogen-bond acceptors (Lipinski definition) is 5. The minimum atomic E-state index is -0.208. The van der Waals surface area contributed by atoms with Crippen LogP contribution in [0.15, 0.2) is 12.1 Å². The number of ether oxygens (including phenoxy) is 1. The Bertz CT molecular complexity index is 478. The van der Waals surface area contributed by atoms with Crippen molar-refractivity contribution >= 4 is 11.7 Å². The Kier molecular flexibility index (Phi) is 6.77. The molecule has 23 heavy (non-hydrogen) atoms. The Morgan fingerprint density at radius 3 is 2.43 bits per heavy atom. The minimum absolute atomic E-state index is 0.150. The summed E-state index contributed by atoms with van der Waals surface area (Å²) in [4.78, 5) is 16.3. The monoisotopic (exact) mass is 320 g/mol. The Morgan fingerprint density at radius 1 is 1.22 bits per heavy atom. The molecule has 1 amide bonds. The van der Waals surface area contributed by atoms with Gasteiger partial charge in [-0.3, -0.25) is 4.79 Å². The van der Waals surface area contributed by atoms with E-state index in [1.165, 1.54) is 6.42 Å². The lowest BCUT2D eigenvalue weighted by Crippen LogP contribution is -2.51. The standard InChI is InChI=1S/C14H20N4O2.C3H8/c1-11-4-5-13(16-15-11)17-6-8-18(9-7-17)14(19)12-3-2-10-20-12;1-3-2/h4-5,12H,2-3,6-10H2,1H3;3H2,1-2H3. The van der Waals surface area contributed by atoms with Crippen LogP contribution in [0.1, 0.15) is 38.8 Å². The first kappa shape index (κ1) is 17.7. The summed E-state index contributed by atoms with van der Waals surface area (Å²) in [5.41, 5.74) is 0.918. The van der Waals surface area contributed by atoms with Crippen LogP contribution >= 0.6 is 0 Å². The lowest BCUT2D eigenvalue weighted by Gasteiger charge is -2.36. The van der Waals surface area contributed by atoms with Crippen molar-refractivity contribution in [3.05, 3.63) is 17.8 Å². The molecule has 128 valence electrons. The molecule has 0 spiro atoms. The first-order valence-corrected chi connectivity index (χ1v) is 8.61. The zero-order valence-electron chi connectivity index (χ0n) is 14.5. The van der Waals surface area contributed by atoms with Gasteiger partial charge in [0, 0.05) is 32.8 Å². The zero-order valence-corrected chi connectivity index (χ0v) is 14.5. The van der Waals surface area contributed by atoms with E-state index in [0.29, 0.717) is 0 Å². The van der Waals surface area contributed by atoms with Crippen molar-refractivity contribution in [2.45, 2.75) is 46.1 Å². The Labute approximate surface area is 138 Å². The van der Waals surface area contributed by atoms with Gasteiger partial charge in [0.2, 0.25) is 0 Å². The molecule has 2 aliphatic rings. The molecule has 1 aromatic heterocycles. The van der Waals surface area contributed by atoms with Gasteiger partial charge in [-0.1, -0.05) is 20.3 Å². The molecule has 2 saturated heterocycles. The molecular formula is C17H28N4O2. The predicted octanol–water partition coefficient (Wildman–Crippen LogP) is 2.03. The fourth-order valence-corrected chi connectivity index (χ4v) is 2.69. The summed E-state index contributed by atoms with van der Waals surface area (Å²) >= 11 is 0. The molecule has 2 fully saturated rings. The molecule has 0 radical (unpaired) electrons. The van der Waals surface area contributed by atoms with Crippen LogP contribution in [0.4, 0.5) is 5.82 Å². The highest BCUT2D eigenvalue weighted by molar-refractivity contribution is 5.81. The molecule has 6 heteroatoms. The average Bonchev–Trinajstić information content (AvgIpc) is 3.10. The summed E-state index contributed by atoms with van der Waals surface area (Å²) in [5.74, 6) is 1.04. The molecule has 1 aromatic rings. The third-order valence-electron chi connectivity index (χ3n) is 3.90. The van der Waals surface area contributed by atoms with Crippen molar-refractivity contribution in [1.29, 1.82) is 0 Å². The molecule has 1 atom stereocenters. The van der Waals surface area contributed by atoms with Gasteiger partial charge in [-0.15, -0.1) is 5.10 Å². The largest absolute Gasteiger partial charge is 0.368 e. The van der Waals surface area contributed by atoms with Crippen LogP contribution in [0.25, 0.3) is 0 Å². The number of aromatic nitrogens is 2. The summed E-state index contributed by atoms with van der Waals surface area (Å²) in [7, 11) is 0. The van der Waals surface area contributed by atoms with E-state index in [4.69, 9.17) is 4.74 Å². The van der Waals surface area contributed by atoms with Crippen molar-refractivity contribution in [1.82, 2.24) is 15.1 Å². The van der Waals surface area contributed by atoms with E-state index in [9.17, 15) is 4.79 Å². The Morgan fingerprint density at radius 2 is 1.91 bits per heavy atom. The van der Waals surface area contributed by atoms with Crippen LogP contribution in [0, 0.1) is 6.92 Å². The molecule has 0 aromatic carbocycles. The van der Waals surface area contributed by atoms with Crippen molar-refractivity contribution < 1.29 is 9.53 Å². The van der Waals surface area contributed by atoms with E-state index in [1.54, 1.807) is 0 Å². The zero-order chi connectivity index (χ0) is 16.7. The molecule has 1 unspecified atom stereocenters. The van der Waals surface area contributed by atoms with Gasteiger partial charge in [0.1, 0.15) is 6.10 Å². The van der Waals surface area contributed by atoms with Crippen LogP contribution in [-0.2, 0) is 9.53 Å². The number of piperazine rings is 1. The first-order chi connectivity index (χ1) is 11.2. The van der Waals surface area contributed by atoms with Gasteiger partial charge in [-0.25, -0.2) is 0 Å². The quantitative estimate of drug-likeness (QED) is 0.834. The number of nitrogens with zero attached hydrogens (tertiary/aromatic N) is 4. The molecule has 2 aliphatic heterocycles. The highest BCUT2D eigenvalue weighted by Crippen LogP contribution is 2.17. The maximum absolute atomic E-state index is 12.2. The summed E-state index contributed by atoms with van der Waals surface area (Å²) in [6.45, 7) is 9.96. The summed E-state index contributed by atoms with van der Waals surface area (Å²) in [5, 5.41) is 8.28. The molecule has 0 aliphatic carbocycles. The van der Waals surface area contributed by atoms with Crippen LogP contribution in [0.2, 0.25) is 0 Å². The summed E-state index contributed by atoms with van der Waals surface area (Å²) < 4.78 is 5.47. The molecular weight excluding hydrogens is 292 g/mol.